The number of carbonyl (C=O) groups excluding carboxylic acids is 5. The highest BCUT2D eigenvalue weighted by molar-refractivity contribution is 5.95. The fourth-order valence-electron chi connectivity index (χ4n) is 5.57. The normalized spacial score (nSPS) is 20.1. The Labute approximate surface area is 286 Å². The Bertz CT molecular complexity index is 1600. The lowest BCUT2D eigenvalue weighted by molar-refractivity contribution is -0.141. The zero-order valence-electron chi connectivity index (χ0n) is 28.8. The Hall–Kier alpha value is -4.91. The monoisotopic (exact) mass is 676 g/mol. The average Bonchev–Trinajstić information content (AvgIpc) is 3.49. The lowest BCUT2D eigenvalue weighted by Gasteiger charge is -2.30. The van der Waals surface area contributed by atoms with Gasteiger partial charge in [-0.25, -0.2) is 0 Å². The van der Waals surface area contributed by atoms with Crippen LogP contribution in [0.5, 0.6) is 5.75 Å². The number of H-pyrrole nitrogens is 1. The summed E-state index contributed by atoms with van der Waals surface area (Å²) in [7, 11) is 1.49. The molecule has 49 heavy (non-hydrogen) atoms. The minimum Gasteiger partial charge on any atom is -0.492 e. The van der Waals surface area contributed by atoms with E-state index in [0.29, 0.717) is 5.75 Å². The summed E-state index contributed by atoms with van der Waals surface area (Å²) in [6.45, 7) is 7.31. The highest BCUT2D eigenvalue weighted by Crippen LogP contribution is 2.20. The van der Waals surface area contributed by atoms with Crippen molar-refractivity contribution in [2.45, 2.75) is 58.7 Å². The third kappa shape index (κ3) is 10.3. The van der Waals surface area contributed by atoms with Crippen molar-refractivity contribution in [3.63, 3.8) is 0 Å². The number of ether oxygens (including phenoxy) is 2. The van der Waals surface area contributed by atoms with E-state index in [1.165, 1.54) is 12.0 Å². The van der Waals surface area contributed by atoms with E-state index >= 15 is 0 Å². The Balaban J connectivity index is 1.73. The molecule has 5 rings (SSSR count). The smallest absolute Gasteiger partial charge is 0.246 e. The summed E-state index contributed by atoms with van der Waals surface area (Å²) in [5, 5.41) is 12.2. The van der Waals surface area contributed by atoms with Crippen LogP contribution in [-0.4, -0.2) is 97.5 Å². The van der Waals surface area contributed by atoms with E-state index in [0.717, 1.165) is 22.0 Å². The zero-order chi connectivity index (χ0) is 35.5. The van der Waals surface area contributed by atoms with Crippen LogP contribution in [-0.2, 0) is 41.6 Å². The molecule has 0 fully saturated rings. The summed E-state index contributed by atoms with van der Waals surface area (Å²) >= 11 is 0. The molecule has 5 amide bonds. The highest BCUT2D eigenvalue weighted by atomic mass is 16.5. The molecule has 0 saturated carbocycles. The van der Waals surface area contributed by atoms with Gasteiger partial charge in [-0.2, -0.15) is 0 Å². The quantitative estimate of drug-likeness (QED) is 0.226. The van der Waals surface area contributed by atoms with Crippen LogP contribution in [0.2, 0.25) is 0 Å². The molecule has 0 saturated heterocycles. The molecule has 2 bridgehead atoms. The van der Waals surface area contributed by atoms with E-state index in [4.69, 9.17) is 9.47 Å². The molecule has 3 heterocycles. The number of benzene rings is 2. The van der Waals surface area contributed by atoms with Gasteiger partial charge in [0, 0.05) is 49.5 Å². The van der Waals surface area contributed by atoms with Crippen LogP contribution in [0.4, 0.5) is 0 Å². The number of carbonyl (C=O) groups is 5. The molecule has 13 heteroatoms. The molecule has 13 nitrogen and oxygen atoms in total. The molecule has 0 radical (unpaired) electrons. The van der Waals surface area contributed by atoms with Crippen LogP contribution in [0.15, 0.2) is 54.7 Å². The predicted octanol–water partition coefficient (Wildman–Crippen LogP) is 1.70. The van der Waals surface area contributed by atoms with E-state index < -0.39 is 35.8 Å². The summed E-state index contributed by atoms with van der Waals surface area (Å²) in [4.78, 5) is 72.3. The largest absolute Gasteiger partial charge is 0.492 e. The van der Waals surface area contributed by atoms with Crippen LogP contribution in [0, 0.1) is 11.8 Å². The minimum absolute atomic E-state index is 0.0543. The first-order chi connectivity index (χ1) is 23.5. The van der Waals surface area contributed by atoms with Gasteiger partial charge in [-0.1, -0.05) is 58.0 Å². The molecule has 3 atom stereocenters. The van der Waals surface area contributed by atoms with Gasteiger partial charge < -0.3 is 40.6 Å². The molecule has 5 N–H and O–H groups in total. The molecule has 2 aliphatic rings. The SMILES string of the molecule is COCCN1CC(=O)N[C@@H](C(C)C)C(=O)NCCOc2ccc(cc2)C[C@H](NC(=O)C(C)C)C(=O)N[C@@H](Cc2c[nH]c3ccccc23)C1=O. The molecular weight excluding hydrogens is 628 g/mol. The molecule has 1 aromatic heterocycles. The Morgan fingerprint density at radius 2 is 1.73 bits per heavy atom. The van der Waals surface area contributed by atoms with Gasteiger partial charge in [-0.05, 0) is 35.2 Å². The Morgan fingerprint density at radius 1 is 1.00 bits per heavy atom. The molecule has 3 aromatic rings. The van der Waals surface area contributed by atoms with Crippen LogP contribution in [0.3, 0.4) is 0 Å². The lowest BCUT2D eigenvalue weighted by Crippen LogP contribution is -2.58. The van der Waals surface area contributed by atoms with Crippen molar-refractivity contribution >= 4 is 40.4 Å². The second kappa shape index (κ2) is 17.5. The molecule has 2 aliphatic heterocycles. The number of amides is 5. The van der Waals surface area contributed by atoms with Gasteiger partial charge in [0.1, 0.15) is 30.5 Å². The fourth-order valence-corrected chi connectivity index (χ4v) is 5.57. The highest BCUT2D eigenvalue weighted by Gasteiger charge is 2.33. The number of nitrogens with one attached hydrogen (secondary N) is 5. The molecule has 0 unspecified atom stereocenters. The molecule has 0 spiro atoms. The lowest BCUT2D eigenvalue weighted by atomic mass is 10.0. The summed E-state index contributed by atoms with van der Waals surface area (Å²) in [5.74, 6) is -2.34. The third-order valence-corrected chi connectivity index (χ3v) is 8.38. The first kappa shape index (κ1) is 36.9. The van der Waals surface area contributed by atoms with Crippen molar-refractivity contribution in [3.05, 3.63) is 65.9 Å². The van der Waals surface area contributed by atoms with Crippen molar-refractivity contribution in [2.24, 2.45) is 11.8 Å². The number of rotatable bonds is 8. The number of aromatic amines is 1. The molecular formula is C36H48N6O7. The number of nitrogens with zero attached hydrogens (tertiary/aromatic N) is 1. The summed E-state index contributed by atoms with van der Waals surface area (Å²) in [6, 6.07) is 11.8. The first-order valence-electron chi connectivity index (χ1n) is 16.7. The number of hydrogen-bond donors (Lipinski definition) is 5. The zero-order valence-corrected chi connectivity index (χ0v) is 28.8. The number of methoxy groups -OCH3 is 1. The van der Waals surface area contributed by atoms with E-state index in [1.54, 1.807) is 44.3 Å². The topological polar surface area (TPSA) is 171 Å². The summed E-state index contributed by atoms with van der Waals surface area (Å²) < 4.78 is 11.1. The van der Waals surface area contributed by atoms with Gasteiger partial charge in [0.25, 0.3) is 0 Å². The maximum Gasteiger partial charge on any atom is 0.246 e. The predicted molar refractivity (Wildman–Crippen MR) is 185 cm³/mol. The van der Waals surface area contributed by atoms with E-state index in [2.05, 4.69) is 26.3 Å². The maximum absolute atomic E-state index is 14.4. The van der Waals surface area contributed by atoms with Crippen LogP contribution >= 0.6 is 0 Å². The van der Waals surface area contributed by atoms with Gasteiger partial charge >= 0.3 is 0 Å². The number of hydrogen-bond acceptors (Lipinski definition) is 7. The first-order valence-corrected chi connectivity index (χ1v) is 16.7. The van der Waals surface area contributed by atoms with Gasteiger partial charge in [-0.3, -0.25) is 24.0 Å². The Kier molecular flexibility index (Phi) is 13.2. The fraction of sp³-hybridized carbons (Fsp3) is 0.472. The number of fused-ring (bicyclic) bond motifs is 18. The van der Waals surface area contributed by atoms with Crippen LogP contribution in [0.1, 0.15) is 38.8 Å². The van der Waals surface area contributed by atoms with E-state index in [9.17, 15) is 24.0 Å². The number of aromatic nitrogens is 1. The molecule has 2 aromatic carbocycles. The van der Waals surface area contributed by atoms with Gasteiger partial charge in [0.05, 0.1) is 19.7 Å². The second-order valence-corrected chi connectivity index (χ2v) is 12.9. The van der Waals surface area contributed by atoms with E-state index in [-0.39, 0.29) is 69.3 Å². The maximum atomic E-state index is 14.4. The molecule has 264 valence electrons. The Morgan fingerprint density at radius 3 is 2.43 bits per heavy atom. The number of para-hydroxylation sites is 1. The third-order valence-electron chi connectivity index (χ3n) is 8.38. The standard InChI is InChI=1S/C36H48N6O7/c1-22(2)32-35(46)37-14-16-49-26-12-10-24(11-13-26)18-29(39-33(44)23(3)4)34(45)40-30(19-25-20-38-28-9-7-6-8-27(25)28)36(47)42(15-17-48-5)21-31(43)41-32/h6-13,20,22-23,29-30,32,38H,14-19,21H2,1-5H3,(H,37,46)(H,39,44)(H,40,45)(H,41,43)/t29-,30-,32-/m0/s1. The van der Waals surface area contributed by atoms with E-state index in [1.807, 2.05) is 38.1 Å². The van der Waals surface area contributed by atoms with Gasteiger partial charge in [0.15, 0.2) is 0 Å². The van der Waals surface area contributed by atoms with Gasteiger partial charge in [-0.15, -0.1) is 0 Å². The summed E-state index contributed by atoms with van der Waals surface area (Å²) in [5.41, 5.74) is 2.41. The summed E-state index contributed by atoms with van der Waals surface area (Å²) in [6.07, 6.45) is 2.05. The van der Waals surface area contributed by atoms with Crippen molar-refractivity contribution in [1.29, 1.82) is 0 Å². The van der Waals surface area contributed by atoms with Crippen molar-refractivity contribution in [3.8, 4) is 5.75 Å². The van der Waals surface area contributed by atoms with Crippen LogP contribution < -0.4 is 26.0 Å². The average molecular weight is 677 g/mol. The molecule has 0 aliphatic carbocycles. The van der Waals surface area contributed by atoms with Gasteiger partial charge in [0.2, 0.25) is 29.5 Å². The van der Waals surface area contributed by atoms with Crippen molar-refractivity contribution in [2.75, 3.05) is 40.0 Å². The second-order valence-electron chi connectivity index (χ2n) is 12.9. The van der Waals surface area contributed by atoms with Crippen molar-refractivity contribution < 1.29 is 33.4 Å². The van der Waals surface area contributed by atoms with Crippen LogP contribution in [0.25, 0.3) is 10.9 Å². The van der Waals surface area contributed by atoms with Crippen molar-refractivity contribution in [1.82, 2.24) is 31.2 Å². The minimum atomic E-state index is -1.11.